The van der Waals surface area contributed by atoms with Crippen molar-refractivity contribution in [3.63, 3.8) is 0 Å². The van der Waals surface area contributed by atoms with Crippen molar-refractivity contribution >= 4 is 11.9 Å². The van der Waals surface area contributed by atoms with Gasteiger partial charge in [0, 0.05) is 0 Å². The number of hydrogen-bond donors (Lipinski definition) is 2. The largest absolute Gasteiger partial charge is 0.452 e. The van der Waals surface area contributed by atoms with Crippen molar-refractivity contribution in [1.82, 2.24) is 10.6 Å². The Labute approximate surface area is 130 Å². The van der Waals surface area contributed by atoms with Gasteiger partial charge in [0.1, 0.15) is 12.2 Å². The molecule has 4 unspecified atom stereocenters. The van der Waals surface area contributed by atoms with E-state index in [2.05, 4.69) is 10.6 Å². The first kappa shape index (κ1) is 14.5. The van der Waals surface area contributed by atoms with Gasteiger partial charge in [0.05, 0.1) is 11.1 Å². The summed E-state index contributed by atoms with van der Waals surface area (Å²) in [6, 6.07) is 0. The lowest BCUT2D eigenvalue weighted by Gasteiger charge is -2.47. The van der Waals surface area contributed by atoms with Crippen LogP contribution in [-0.2, 0) is 19.1 Å². The lowest BCUT2D eigenvalue weighted by atomic mass is 9.72. The van der Waals surface area contributed by atoms with E-state index in [-0.39, 0.29) is 23.3 Å². The van der Waals surface area contributed by atoms with E-state index in [1.54, 1.807) is 0 Å². The molecule has 0 aromatic heterocycles. The Bertz CT molecular complexity index is 437. The normalized spacial score (nSPS) is 42.9. The highest BCUT2D eigenvalue weighted by atomic mass is 16.6. The number of rotatable bonds is 2. The summed E-state index contributed by atoms with van der Waals surface area (Å²) in [6.45, 7) is 1.93. The molecule has 4 rings (SSSR count). The molecule has 122 valence electrons. The molecule has 0 radical (unpaired) electrons. The van der Waals surface area contributed by atoms with Gasteiger partial charge in [0.15, 0.2) is 0 Å². The maximum Gasteiger partial charge on any atom is 0.417 e. The smallest absolute Gasteiger partial charge is 0.417 e. The second kappa shape index (κ2) is 5.20. The zero-order valence-electron chi connectivity index (χ0n) is 12.9. The average Bonchev–Trinajstić information content (AvgIpc) is 3.18. The minimum absolute atomic E-state index is 0.0688. The highest BCUT2D eigenvalue weighted by Gasteiger charge is 2.53. The SMILES string of the molecule is O=C(OC1CCC12CCCN2)C(=O)OC1CCC12CCCN2. The third-order valence-corrected chi connectivity index (χ3v) is 6.16. The van der Waals surface area contributed by atoms with Gasteiger partial charge < -0.3 is 20.1 Å². The molecular weight excluding hydrogens is 284 g/mol. The first-order chi connectivity index (χ1) is 10.6. The summed E-state index contributed by atoms with van der Waals surface area (Å²) in [7, 11) is 0. The number of carbonyl (C=O) groups is 2. The molecule has 6 nitrogen and oxygen atoms in total. The molecule has 2 heterocycles. The van der Waals surface area contributed by atoms with Gasteiger partial charge in [-0.2, -0.15) is 0 Å². The Morgan fingerprint density at radius 1 is 0.773 bits per heavy atom. The Hall–Kier alpha value is -1.14. The maximum atomic E-state index is 12.0. The summed E-state index contributed by atoms with van der Waals surface area (Å²) in [6.07, 6.45) is 7.63. The van der Waals surface area contributed by atoms with Crippen LogP contribution in [0.4, 0.5) is 0 Å². The molecule has 4 aliphatic rings. The van der Waals surface area contributed by atoms with Gasteiger partial charge >= 0.3 is 11.9 Å². The third-order valence-electron chi connectivity index (χ3n) is 6.16. The lowest BCUT2D eigenvalue weighted by Crippen LogP contribution is -2.61. The summed E-state index contributed by atoms with van der Waals surface area (Å²) in [4.78, 5) is 24.0. The minimum atomic E-state index is -0.821. The van der Waals surface area contributed by atoms with E-state index < -0.39 is 11.9 Å². The van der Waals surface area contributed by atoms with Crippen LogP contribution in [0, 0.1) is 0 Å². The van der Waals surface area contributed by atoms with Gasteiger partial charge in [-0.25, -0.2) is 9.59 Å². The third kappa shape index (κ3) is 2.15. The van der Waals surface area contributed by atoms with Crippen molar-refractivity contribution in [1.29, 1.82) is 0 Å². The topological polar surface area (TPSA) is 76.7 Å². The molecule has 2 aliphatic carbocycles. The lowest BCUT2D eigenvalue weighted by molar-refractivity contribution is -0.186. The van der Waals surface area contributed by atoms with E-state index in [0.717, 1.165) is 64.5 Å². The van der Waals surface area contributed by atoms with Crippen molar-refractivity contribution in [2.75, 3.05) is 13.1 Å². The first-order valence-electron chi connectivity index (χ1n) is 8.55. The van der Waals surface area contributed by atoms with Gasteiger partial charge in [-0.15, -0.1) is 0 Å². The van der Waals surface area contributed by atoms with Crippen LogP contribution in [0.2, 0.25) is 0 Å². The fourth-order valence-corrected chi connectivity index (χ4v) is 4.55. The molecule has 2 N–H and O–H groups in total. The standard InChI is InChI=1S/C16H24N2O4/c19-13(21-11-3-7-15(11)5-1-9-17-15)14(20)22-12-4-8-16(12)6-2-10-18-16/h11-12,17-18H,1-10H2. The molecule has 2 saturated carbocycles. The van der Waals surface area contributed by atoms with Crippen LogP contribution in [-0.4, -0.2) is 48.3 Å². The summed E-state index contributed by atoms with van der Waals surface area (Å²) in [5, 5.41) is 6.85. The van der Waals surface area contributed by atoms with Crippen molar-refractivity contribution in [2.24, 2.45) is 0 Å². The van der Waals surface area contributed by atoms with Gasteiger partial charge in [-0.3, -0.25) is 0 Å². The highest BCUT2D eigenvalue weighted by molar-refractivity contribution is 6.29. The molecule has 4 atom stereocenters. The Morgan fingerprint density at radius 3 is 1.50 bits per heavy atom. The summed E-state index contributed by atoms with van der Waals surface area (Å²) >= 11 is 0. The number of carbonyl (C=O) groups excluding carboxylic acids is 2. The van der Waals surface area contributed by atoms with Gasteiger partial charge in [-0.1, -0.05) is 0 Å². The van der Waals surface area contributed by atoms with Gasteiger partial charge in [0.2, 0.25) is 0 Å². The minimum Gasteiger partial charge on any atom is -0.452 e. The van der Waals surface area contributed by atoms with Crippen LogP contribution >= 0.6 is 0 Å². The number of ether oxygens (including phenoxy) is 2. The highest BCUT2D eigenvalue weighted by Crippen LogP contribution is 2.42. The van der Waals surface area contributed by atoms with E-state index in [0.29, 0.717) is 0 Å². The fourth-order valence-electron chi connectivity index (χ4n) is 4.55. The quantitative estimate of drug-likeness (QED) is 0.576. The fraction of sp³-hybridized carbons (Fsp3) is 0.875. The van der Waals surface area contributed by atoms with Crippen LogP contribution in [0.15, 0.2) is 0 Å². The molecule has 2 spiro atoms. The maximum absolute atomic E-state index is 12.0. The molecule has 0 bridgehead atoms. The van der Waals surface area contributed by atoms with E-state index in [1.165, 1.54) is 0 Å². The zero-order valence-corrected chi connectivity index (χ0v) is 12.9. The summed E-state index contributed by atoms with van der Waals surface area (Å²) < 4.78 is 10.8. The molecule has 22 heavy (non-hydrogen) atoms. The molecule has 0 aromatic carbocycles. The van der Waals surface area contributed by atoms with Crippen LogP contribution in [0.1, 0.15) is 51.4 Å². The number of nitrogens with one attached hydrogen (secondary N) is 2. The zero-order chi connectivity index (χ0) is 15.2. The Kier molecular flexibility index (Phi) is 3.42. The van der Waals surface area contributed by atoms with Crippen LogP contribution in [0.3, 0.4) is 0 Å². The van der Waals surface area contributed by atoms with E-state index in [1.807, 2.05) is 0 Å². The second-order valence-electron chi connectivity index (χ2n) is 7.24. The van der Waals surface area contributed by atoms with Gasteiger partial charge in [0.25, 0.3) is 0 Å². The predicted molar refractivity (Wildman–Crippen MR) is 78.2 cm³/mol. The van der Waals surface area contributed by atoms with Crippen LogP contribution in [0.25, 0.3) is 0 Å². The van der Waals surface area contributed by atoms with Crippen molar-refractivity contribution in [3.05, 3.63) is 0 Å². The number of esters is 2. The molecule has 0 aromatic rings. The molecule has 4 fully saturated rings. The number of hydrogen-bond acceptors (Lipinski definition) is 6. The summed E-state index contributed by atoms with van der Waals surface area (Å²) in [5.74, 6) is -1.64. The molecular formula is C16H24N2O4. The van der Waals surface area contributed by atoms with Crippen LogP contribution < -0.4 is 10.6 Å². The van der Waals surface area contributed by atoms with Crippen molar-refractivity contribution in [3.8, 4) is 0 Å². The van der Waals surface area contributed by atoms with Crippen molar-refractivity contribution < 1.29 is 19.1 Å². The monoisotopic (exact) mass is 308 g/mol. The average molecular weight is 308 g/mol. The molecule has 2 aliphatic heterocycles. The molecule has 6 heteroatoms. The van der Waals surface area contributed by atoms with Crippen molar-refractivity contribution in [2.45, 2.75) is 74.7 Å². The molecule has 2 saturated heterocycles. The van der Waals surface area contributed by atoms with Crippen LogP contribution in [0.5, 0.6) is 0 Å². The van der Waals surface area contributed by atoms with E-state index >= 15 is 0 Å². The second-order valence-corrected chi connectivity index (χ2v) is 7.24. The van der Waals surface area contributed by atoms with Gasteiger partial charge in [-0.05, 0) is 64.5 Å². The predicted octanol–water partition coefficient (Wildman–Crippen LogP) is 0.642. The summed E-state index contributed by atoms with van der Waals surface area (Å²) in [5.41, 5.74) is -0.138. The Balaban J connectivity index is 1.30. The first-order valence-corrected chi connectivity index (χ1v) is 8.55. The molecule has 0 amide bonds. The van der Waals surface area contributed by atoms with E-state index in [4.69, 9.17) is 9.47 Å². The Morgan fingerprint density at radius 2 is 1.23 bits per heavy atom. The van der Waals surface area contributed by atoms with E-state index in [9.17, 15) is 9.59 Å².